The molecular formula is C22H23N3O3. The Morgan fingerprint density at radius 3 is 2.61 bits per heavy atom. The van der Waals surface area contributed by atoms with Gasteiger partial charge in [-0.15, -0.1) is 0 Å². The van der Waals surface area contributed by atoms with Crippen LogP contribution in [-0.2, 0) is 13.0 Å². The molecule has 0 radical (unpaired) electrons. The van der Waals surface area contributed by atoms with Gasteiger partial charge in [-0.3, -0.25) is 4.79 Å². The van der Waals surface area contributed by atoms with Crippen molar-refractivity contribution in [2.45, 2.75) is 25.8 Å². The minimum absolute atomic E-state index is 0.249. The van der Waals surface area contributed by atoms with Gasteiger partial charge in [-0.1, -0.05) is 18.2 Å². The van der Waals surface area contributed by atoms with Crippen molar-refractivity contribution in [1.29, 1.82) is 0 Å². The van der Waals surface area contributed by atoms with E-state index >= 15 is 0 Å². The third-order valence-electron chi connectivity index (χ3n) is 4.99. The standard InChI is InChI=1S/C22H23N3O3/c1-27-19-7-5-6-17(21(19)28-2)22(26)23-16-11-9-15(10-12-16)18-14-25-13-4-3-8-20(25)24-18/h5-7,9-12,14H,3-4,8,13H2,1-2H3,(H,23,26). The molecule has 6 nitrogen and oxygen atoms in total. The van der Waals surface area contributed by atoms with E-state index in [1.54, 1.807) is 25.3 Å². The minimum atomic E-state index is -0.249. The number of nitrogens with zero attached hydrogens (tertiary/aromatic N) is 2. The van der Waals surface area contributed by atoms with Gasteiger partial charge in [0.15, 0.2) is 11.5 Å². The number of carbonyl (C=O) groups is 1. The van der Waals surface area contributed by atoms with Crippen LogP contribution in [0.5, 0.6) is 11.5 Å². The first-order valence-electron chi connectivity index (χ1n) is 9.38. The molecule has 0 aliphatic carbocycles. The lowest BCUT2D eigenvalue weighted by atomic mass is 10.1. The van der Waals surface area contributed by atoms with Crippen LogP contribution in [0.4, 0.5) is 5.69 Å². The first kappa shape index (κ1) is 18.1. The molecule has 3 aromatic rings. The quantitative estimate of drug-likeness (QED) is 0.725. The van der Waals surface area contributed by atoms with Crippen LogP contribution in [0.15, 0.2) is 48.7 Å². The van der Waals surface area contributed by atoms with Crippen molar-refractivity contribution in [1.82, 2.24) is 9.55 Å². The van der Waals surface area contributed by atoms with Gasteiger partial charge in [-0.25, -0.2) is 4.98 Å². The van der Waals surface area contributed by atoms with Gasteiger partial charge >= 0.3 is 0 Å². The van der Waals surface area contributed by atoms with Gasteiger partial charge in [0.25, 0.3) is 5.91 Å². The lowest BCUT2D eigenvalue weighted by Crippen LogP contribution is -2.13. The summed E-state index contributed by atoms with van der Waals surface area (Å²) in [6.07, 6.45) is 5.57. The zero-order chi connectivity index (χ0) is 19.5. The highest BCUT2D eigenvalue weighted by atomic mass is 16.5. The Kier molecular flexibility index (Phi) is 5.02. The summed E-state index contributed by atoms with van der Waals surface area (Å²) < 4.78 is 12.8. The van der Waals surface area contributed by atoms with Crippen LogP contribution in [0.25, 0.3) is 11.3 Å². The number of aryl methyl sites for hydroxylation is 2. The highest BCUT2D eigenvalue weighted by molar-refractivity contribution is 6.06. The lowest BCUT2D eigenvalue weighted by Gasteiger charge is -2.12. The van der Waals surface area contributed by atoms with Crippen LogP contribution in [0, 0.1) is 0 Å². The number of carbonyl (C=O) groups excluding carboxylic acids is 1. The topological polar surface area (TPSA) is 65.4 Å². The summed E-state index contributed by atoms with van der Waals surface area (Å²) in [7, 11) is 3.07. The molecule has 2 heterocycles. The number of para-hydroxylation sites is 1. The van der Waals surface area contributed by atoms with Crippen molar-refractivity contribution in [3.8, 4) is 22.8 Å². The molecule has 1 aromatic heterocycles. The highest BCUT2D eigenvalue weighted by Gasteiger charge is 2.17. The van der Waals surface area contributed by atoms with E-state index in [9.17, 15) is 4.79 Å². The second-order valence-corrected chi connectivity index (χ2v) is 6.77. The summed E-state index contributed by atoms with van der Waals surface area (Å²) in [5.74, 6) is 1.85. The van der Waals surface area contributed by atoms with Gasteiger partial charge in [0.2, 0.25) is 0 Å². The van der Waals surface area contributed by atoms with Gasteiger partial charge in [-0.2, -0.15) is 0 Å². The Hall–Kier alpha value is -3.28. The van der Waals surface area contributed by atoms with E-state index in [2.05, 4.69) is 16.1 Å². The summed E-state index contributed by atoms with van der Waals surface area (Å²) in [6, 6.07) is 13.0. The van der Waals surface area contributed by atoms with Crippen molar-refractivity contribution < 1.29 is 14.3 Å². The zero-order valence-electron chi connectivity index (χ0n) is 16.1. The average molecular weight is 377 g/mol. The summed E-state index contributed by atoms with van der Waals surface area (Å²) in [6.45, 7) is 1.04. The minimum Gasteiger partial charge on any atom is -0.493 e. The number of anilines is 1. The third kappa shape index (κ3) is 3.45. The molecule has 0 fully saturated rings. The zero-order valence-corrected chi connectivity index (χ0v) is 16.1. The second-order valence-electron chi connectivity index (χ2n) is 6.77. The Bertz CT molecular complexity index is 969. The van der Waals surface area contributed by atoms with E-state index in [-0.39, 0.29) is 5.91 Å². The fourth-order valence-electron chi connectivity index (χ4n) is 3.54. The Morgan fingerprint density at radius 1 is 1.07 bits per heavy atom. The molecule has 2 aromatic carbocycles. The Morgan fingerprint density at radius 2 is 1.89 bits per heavy atom. The number of nitrogens with one attached hydrogen (secondary N) is 1. The third-order valence-corrected chi connectivity index (χ3v) is 4.99. The van der Waals surface area contributed by atoms with Crippen molar-refractivity contribution in [3.63, 3.8) is 0 Å². The number of ether oxygens (including phenoxy) is 2. The molecule has 1 aliphatic heterocycles. The number of amides is 1. The summed E-state index contributed by atoms with van der Waals surface area (Å²) in [5, 5.41) is 2.91. The molecule has 4 rings (SSSR count). The second kappa shape index (κ2) is 7.76. The number of aromatic nitrogens is 2. The summed E-state index contributed by atoms with van der Waals surface area (Å²) >= 11 is 0. The molecule has 6 heteroatoms. The van der Waals surface area contributed by atoms with Crippen LogP contribution in [0.1, 0.15) is 29.0 Å². The Balaban J connectivity index is 1.52. The van der Waals surface area contributed by atoms with Crippen LogP contribution in [0.3, 0.4) is 0 Å². The summed E-state index contributed by atoms with van der Waals surface area (Å²) in [5.41, 5.74) is 3.15. The molecule has 1 N–H and O–H groups in total. The largest absolute Gasteiger partial charge is 0.493 e. The molecule has 0 spiro atoms. The van der Waals surface area contributed by atoms with Crippen molar-refractivity contribution in [2.24, 2.45) is 0 Å². The number of rotatable bonds is 5. The maximum absolute atomic E-state index is 12.7. The molecule has 1 amide bonds. The molecule has 0 atom stereocenters. The van der Waals surface area contributed by atoms with Crippen LogP contribution >= 0.6 is 0 Å². The smallest absolute Gasteiger partial charge is 0.259 e. The molecule has 0 saturated carbocycles. The predicted molar refractivity (Wildman–Crippen MR) is 108 cm³/mol. The van der Waals surface area contributed by atoms with E-state index in [1.165, 1.54) is 20.0 Å². The van der Waals surface area contributed by atoms with Crippen molar-refractivity contribution in [3.05, 3.63) is 60.0 Å². The first-order chi connectivity index (χ1) is 13.7. The van der Waals surface area contributed by atoms with Gasteiger partial charge in [0.1, 0.15) is 5.82 Å². The number of hydrogen-bond acceptors (Lipinski definition) is 4. The molecule has 0 saturated heterocycles. The monoisotopic (exact) mass is 377 g/mol. The van der Waals surface area contributed by atoms with Crippen molar-refractivity contribution >= 4 is 11.6 Å². The van der Waals surface area contributed by atoms with E-state index in [1.807, 2.05) is 24.3 Å². The number of benzene rings is 2. The maximum Gasteiger partial charge on any atom is 0.259 e. The van der Waals surface area contributed by atoms with Gasteiger partial charge in [0, 0.05) is 30.4 Å². The van der Waals surface area contributed by atoms with E-state index < -0.39 is 0 Å². The number of methoxy groups -OCH3 is 2. The van der Waals surface area contributed by atoms with Crippen molar-refractivity contribution in [2.75, 3.05) is 19.5 Å². The van der Waals surface area contributed by atoms with Gasteiger partial charge < -0.3 is 19.4 Å². The normalized spacial score (nSPS) is 12.9. The van der Waals surface area contributed by atoms with Crippen LogP contribution < -0.4 is 14.8 Å². The number of imidazole rings is 1. The fraction of sp³-hybridized carbons (Fsp3) is 0.273. The van der Waals surface area contributed by atoms with Gasteiger partial charge in [0.05, 0.1) is 25.5 Å². The number of fused-ring (bicyclic) bond motifs is 1. The number of hydrogen-bond donors (Lipinski definition) is 1. The molecule has 144 valence electrons. The molecular weight excluding hydrogens is 354 g/mol. The summed E-state index contributed by atoms with van der Waals surface area (Å²) in [4.78, 5) is 17.4. The first-order valence-corrected chi connectivity index (χ1v) is 9.38. The molecule has 0 bridgehead atoms. The lowest BCUT2D eigenvalue weighted by molar-refractivity contribution is 0.102. The van der Waals surface area contributed by atoms with Gasteiger partial charge in [-0.05, 0) is 37.1 Å². The molecule has 28 heavy (non-hydrogen) atoms. The van der Waals surface area contributed by atoms with Crippen LogP contribution in [0.2, 0.25) is 0 Å². The van der Waals surface area contributed by atoms with E-state index in [0.29, 0.717) is 22.7 Å². The Labute approximate surface area is 164 Å². The highest BCUT2D eigenvalue weighted by Crippen LogP contribution is 2.31. The van der Waals surface area contributed by atoms with E-state index in [0.717, 1.165) is 30.0 Å². The molecule has 0 unspecified atom stereocenters. The maximum atomic E-state index is 12.7. The fourth-order valence-corrected chi connectivity index (χ4v) is 3.54. The van der Waals surface area contributed by atoms with Crippen LogP contribution in [-0.4, -0.2) is 29.7 Å². The SMILES string of the molecule is COc1cccc(C(=O)Nc2ccc(-c3cn4c(n3)CCCC4)cc2)c1OC. The average Bonchev–Trinajstić information content (AvgIpc) is 3.17. The van der Waals surface area contributed by atoms with E-state index in [4.69, 9.17) is 14.5 Å². The predicted octanol–water partition coefficient (Wildman–Crippen LogP) is 4.16. The molecule has 1 aliphatic rings.